The lowest BCUT2D eigenvalue weighted by atomic mass is 10.0. The van der Waals surface area contributed by atoms with Crippen molar-refractivity contribution >= 4 is 17.9 Å². The van der Waals surface area contributed by atoms with Crippen LogP contribution in [0.1, 0.15) is 226 Å². The first-order valence-electron chi connectivity index (χ1n) is 26.3. The monoisotopic (exact) mass is 903 g/mol. The number of unbranched alkanes of at least 4 members (excludes halogenated alkanes) is 25. The molecule has 0 spiro atoms. The molecule has 64 heavy (non-hydrogen) atoms. The minimum absolute atomic E-state index is 0.185. The fourth-order valence-corrected chi connectivity index (χ4v) is 7.19. The molecule has 2 atom stereocenters. The van der Waals surface area contributed by atoms with Crippen molar-refractivity contribution in [1.82, 2.24) is 0 Å². The first kappa shape index (κ1) is 61.2. The summed E-state index contributed by atoms with van der Waals surface area (Å²) in [4.78, 5) is 37.3. The van der Waals surface area contributed by atoms with Crippen molar-refractivity contribution in [2.75, 3.05) is 47.5 Å². The molecule has 0 saturated heterocycles. The van der Waals surface area contributed by atoms with Gasteiger partial charge in [0.25, 0.3) is 6.29 Å². The van der Waals surface area contributed by atoms with Gasteiger partial charge in [-0.15, -0.1) is 0 Å². The number of carboxylic acid groups (broad SMARTS) is 1. The van der Waals surface area contributed by atoms with Crippen LogP contribution in [0.4, 0.5) is 0 Å². The van der Waals surface area contributed by atoms with E-state index in [1.807, 2.05) is 21.1 Å². The summed E-state index contributed by atoms with van der Waals surface area (Å²) < 4.78 is 22.8. The largest absolute Gasteiger partial charge is 0.477 e. The van der Waals surface area contributed by atoms with E-state index in [9.17, 15) is 19.5 Å². The quantitative estimate of drug-likeness (QED) is 0.0211. The predicted molar refractivity (Wildman–Crippen MR) is 267 cm³/mol. The minimum atomic E-state index is -1.51. The Kier molecular flexibility index (Phi) is 44.8. The molecule has 0 aliphatic carbocycles. The van der Waals surface area contributed by atoms with Crippen molar-refractivity contribution in [1.29, 1.82) is 0 Å². The van der Waals surface area contributed by atoms with Crippen LogP contribution in [-0.2, 0) is 33.3 Å². The number of hydrogen-bond donors (Lipinski definition) is 1. The average molecular weight is 903 g/mol. The van der Waals surface area contributed by atoms with Gasteiger partial charge < -0.3 is 28.5 Å². The maximum atomic E-state index is 12.8. The summed E-state index contributed by atoms with van der Waals surface area (Å²) in [6, 6.07) is 0. The highest BCUT2D eigenvalue weighted by molar-refractivity contribution is 5.71. The van der Waals surface area contributed by atoms with Crippen LogP contribution in [-0.4, -0.2) is 87.4 Å². The fraction of sp³-hybridized carbons (Fsp3) is 0.800. The highest BCUT2D eigenvalue weighted by atomic mass is 16.7. The molecule has 0 aromatic heterocycles. The zero-order chi connectivity index (χ0) is 47.0. The Morgan fingerprint density at radius 3 is 1.27 bits per heavy atom. The number of esters is 2. The van der Waals surface area contributed by atoms with E-state index in [4.69, 9.17) is 18.9 Å². The number of carbonyl (C=O) groups excluding carboxylic acids is 2. The predicted octanol–water partition coefficient (Wildman–Crippen LogP) is 14.7. The highest BCUT2D eigenvalue weighted by Gasteiger charge is 2.25. The summed E-state index contributed by atoms with van der Waals surface area (Å²) in [6.07, 6.45) is 53.2. The van der Waals surface area contributed by atoms with Crippen LogP contribution in [0, 0.1) is 0 Å². The Hall–Kier alpha value is -2.75. The Balaban J connectivity index is 4.30. The molecule has 0 rings (SSSR count). The molecule has 0 amide bonds. The maximum absolute atomic E-state index is 12.8. The molecule has 2 unspecified atom stereocenters. The molecule has 0 aliphatic heterocycles. The Morgan fingerprint density at radius 2 is 0.844 bits per heavy atom. The molecule has 0 aromatic rings. The van der Waals surface area contributed by atoms with Crippen LogP contribution in [0.5, 0.6) is 0 Å². The smallest absolute Gasteiger partial charge is 0.361 e. The molecule has 9 heteroatoms. The van der Waals surface area contributed by atoms with E-state index in [2.05, 4.69) is 62.5 Å². The Bertz CT molecular complexity index is 1190. The number of carbonyl (C=O) groups is 3. The van der Waals surface area contributed by atoms with Crippen LogP contribution in [0.15, 0.2) is 48.6 Å². The van der Waals surface area contributed by atoms with Crippen molar-refractivity contribution in [2.24, 2.45) is 0 Å². The lowest BCUT2D eigenvalue weighted by molar-refractivity contribution is -0.870. The van der Waals surface area contributed by atoms with Crippen LogP contribution in [0.2, 0.25) is 0 Å². The normalized spacial score (nSPS) is 13.2. The molecule has 0 aliphatic rings. The number of likely N-dealkylation sites (N-methyl/N-ethyl adjacent to an activating group) is 1. The first-order chi connectivity index (χ1) is 31.1. The Labute approximate surface area is 393 Å². The van der Waals surface area contributed by atoms with E-state index >= 15 is 0 Å². The van der Waals surface area contributed by atoms with Gasteiger partial charge in [-0.3, -0.25) is 9.59 Å². The van der Waals surface area contributed by atoms with E-state index < -0.39 is 24.3 Å². The highest BCUT2D eigenvalue weighted by Crippen LogP contribution is 2.15. The van der Waals surface area contributed by atoms with Gasteiger partial charge in [0.05, 0.1) is 34.4 Å². The van der Waals surface area contributed by atoms with Gasteiger partial charge in [-0.05, 0) is 77.0 Å². The number of hydrogen-bond acceptors (Lipinski definition) is 7. The number of allylic oxidation sites excluding steroid dienone is 8. The van der Waals surface area contributed by atoms with Gasteiger partial charge in [-0.2, -0.15) is 0 Å². The first-order valence-corrected chi connectivity index (χ1v) is 26.3. The molecule has 0 radical (unpaired) electrons. The number of quaternary nitrogens is 1. The van der Waals surface area contributed by atoms with Crippen LogP contribution in [0.25, 0.3) is 0 Å². The summed E-state index contributed by atoms with van der Waals surface area (Å²) >= 11 is 0. The second-order valence-electron chi connectivity index (χ2n) is 18.8. The molecule has 0 aromatic carbocycles. The second kappa shape index (κ2) is 46.8. The van der Waals surface area contributed by atoms with Crippen molar-refractivity contribution in [3.05, 3.63) is 48.6 Å². The SMILES string of the molecule is CCCCCCC/C=C\C/C=C\C/C=C\CCCCCCCCCCCCC(=O)OC(COC(=O)CCCCCCC/C=C\CCCCCCC)COC(OCC[N+](C)(C)C)C(=O)O. The van der Waals surface area contributed by atoms with Gasteiger partial charge in [-0.1, -0.05) is 184 Å². The van der Waals surface area contributed by atoms with E-state index in [-0.39, 0.29) is 32.2 Å². The van der Waals surface area contributed by atoms with E-state index in [0.29, 0.717) is 23.9 Å². The van der Waals surface area contributed by atoms with Gasteiger partial charge in [0.1, 0.15) is 13.2 Å². The summed E-state index contributed by atoms with van der Waals surface area (Å²) in [5.41, 5.74) is 0. The third-order valence-electron chi connectivity index (χ3n) is 11.3. The van der Waals surface area contributed by atoms with Gasteiger partial charge in [0, 0.05) is 12.8 Å². The maximum Gasteiger partial charge on any atom is 0.361 e. The topological polar surface area (TPSA) is 108 Å². The third-order valence-corrected chi connectivity index (χ3v) is 11.3. The third kappa shape index (κ3) is 47.2. The van der Waals surface area contributed by atoms with Gasteiger partial charge in [0.2, 0.25) is 0 Å². The molecule has 1 N–H and O–H groups in total. The van der Waals surface area contributed by atoms with Gasteiger partial charge >= 0.3 is 17.9 Å². The second-order valence-corrected chi connectivity index (χ2v) is 18.8. The standard InChI is InChI=1S/C55H99NO8/c1-6-8-10-12-14-16-18-20-22-23-24-25-26-27-28-29-30-31-32-34-36-38-40-42-44-46-53(58)64-51(50-63-55(54(59)60)61-48-47-56(3,4)5)49-62-52(57)45-43-41-39-37-35-33-21-19-17-15-13-11-9-7-2/h18-21,23-24,26-27,51,55H,6-17,22,25,28-50H2,1-5H3/p+1/b20-18-,21-19-,24-23-,27-26-. The van der Waals surface area contributed by atoms with Crippen LogP contribution < -0.4 is 0 Å². The lowest BCUT2D eigenvalue weighted by Crippen LogP contribution is -2.40. The van der Waals surface area contributed by atoms with Gasteiger partial charge in [-0.25, -0.2) is 4.79 Å². The van der Waals surface area contributed by atoms with Crippen molar-refractivity contribution in [3.8, 4) is 0 Å². The number of rotatable bonds is 48. The summed E-state index contributed by atoms with van der Waals surface area (Å²) in [6.45, 7) is 4.85. The number of nitrogens with zero attached hydrogens (tertiary/aromatic N) is 1. The number of carboxylic acids is 1. The van der Waals surface area contributed by atoms with Crippen molar-refractivity contribution in [3.63, 3.8) is 0 Å². The van der Waals surface area contributed by atoms with E-state index in [1.54, 1.807) is 0 Å². The minimum Gasteiger partial charge on any atom is -0.477 e. The van der Waals surface area contributed by atoms with Crippen LogP contribution in [0.3, 0.4) is 0 Å². The molecule has 372 valence electrons. The molecule has 0 fully saturated rings. The molecule has 0 saturated carbocycles. The zero-order valence-electron chi connectivity index (χ0n) is 42.2. The number of aliphatic carboxylic acids is 1. The summed E-state index contributed by atoms with van der Waals surface area (Å²) in [5, 5.41) is 9.67. The Morgan fingerprint density at radius 1 is 0.469 bits per heavy atom. The van der Waals surface area contributed by atoms with Crippen LogP contribution >= 0.6 is 0 Å². The van der Waals surface area contributed by atoms with E-state index in [1.165, 1.54) is 122 Å². The summed E-state index contributed by atoms with van der Waals surface area (Å²) in [7, 11) is 5.96. The molecular weight excluding hydrogens is 803 g/mol. The summed E-state index contributed by atoms with van der Waals surface area (Å²) in [5.74, 6) is -2.02. The van der Waals surface area contributed by atoms with Crippen molar-refractivity contribution in [2.45, 2.75) is 238 Å². The molecular formula is C55H100NO8+. The zero-order valence-corrected chi connectivity index (χ0v) is 42.2. The van der Waals surface area contributed by atoms with Crippen molar-refractivity contribution < 1.29 is 42.9 Å². The molecule has 9 nitrogen and oxygen atoms in total. The fourth-order valence-electron chi connectivity index (χ4n) is 7.19. The lowest BCUT2D eigenvalue weighted by Gasteiger charge is -2.25. The average Bonchev–Trinajstić information content (AvgIpc) is 3.26. The number of ether oxygens (including phenoxy) is 4. The molecule has 0 bridgehead atoms. The van der Waals surface area contributed by atoms with E-state index in [0.717, 1.165) is 70.6 Å². The van der Waals surface area contributed by atoms with Gasteiger partial charge in [0.15, 0.2) is 6.10 Å². The molecule has 0 heterocycles.